The van der Waals surface area contributed by atoms with Crippen molar-refractivity contribution in [1.82, 2.24) is 10.2 Å². The fourth-order valence-electron chi connectivity index (χ4n) is 4.21. The Kier molecular flexibility index (Phi) is 5.21. The SMILES string of the molecule is O=C(NC[C@H](c1ccc2c(c1)OCO2)N1CCN(c2ccc(F)cc2)CC1)C1CC1. The molecule has 2 heterocycles. The molecule has 1 aliphatic carbocycles. The zero-order valence-electron chi connectivity index (χ0n) is 16.9. The number of benzene rings is 2. The fourth-order valence-corrected chi connectivity index (χ4v) is 4.21. The van der Waals surface area contributed by atoms with E-state index in [9.17, 15) is 9.18 Å². The highest BCUT2D eigenvalue weighted by Crippen LogP contribution is 2.36. The summed E-state index contributed by atoms with van der Waals surface area (Å²) in [5.74, 6) is 1.66. The lowest BCUT2D eigenvalue weighted by Gasteiger charge is -2.40. The van der Waals surface area contributed by atoms with E-state index < -0.39 is 0 Å². The van der Waals surface area contributed by atoms with Crippen molar-refractivity contribution in [3.05, 3.63) is 53.8 Å². The Morgan fingerprint density at radius 2 is 1.77 bits per heavy atom. The van der Waals surface area contributed by atoms with Crippen molar-refractivity contribution in [1.29, 1.82) is 0 Å². The fraction of sp³-hybridized carbons (Fsp3) is 0.435. The van der Waals surface area contributed by atoms with Crippen molar-refractivity contribution in [2.75, 3.05) is 44.4 Å². The number of anilines is 1. The van der Waals surface area contributed by atoms with Gasteiger partial charge in [-0.1, -0.05) is 6.07 Å². The third-order valence-corrected chi connectivity index (χ3v) is 6.15. The van der Waals surface area contributed by atoms with Crippen molar-refractivity contribution in [3.8, 4) is 11.5 Å². The molecular formula is C23H26FN3O3. The molecular weight excluding hydrogens is 385 g/mol. The first kappa shape index (κ1) is 19.2. The minimum Gasteiger partial charge on any atom is -0.454 e. The molecule has 2 fully saturated rings. The van der Waals surface area contributed by atoms with E-state index in [2.05, 4.69) is 21.2 Å². The summed E-state index contributed by atoms with van der Waals surface area (Å²) < 4.78 is 24.3. The molecule has 7 heteroatoms. The summed E-state index contributed by atoms with van der Waals surface area (Å²) in [6.45, 7) is 4.24. The van der Waals surface area contributed by atoms with Crippen LogP contribution in [0.1, 0.15) is 24.4 Å². The van der Waals surface area contributed by atoms with Crippen LogP contribution in [0.2, 0.25) is 0 Å². The van der Waals surface area contributed by atoms with Crippen molar-refractivity contribution in [3.63, 3.8) is 0 Å². The van der Waals surface area contributed by atoms with E-state index in [0.29, 0.717) is 6.54 Å². The minimum absolute atomic E-state index is 0.0672. The van der Waals surface area contributed by atoms with E-state index in [-0.39, 0.29) is 30.5 Å². The second-order valence-corrected chi connectivity index (χ2v) is 8.15. The van der Waals surface area contributed by atoms with Gasteiger partial charge < -0.3 is 19.7 Å². The minimum atomic E-state index is -0.216. The van der Waals surface area contributed by atoms with Crippen LogP contribution >= 0.6 is 0 Å². The van der Waals surface area contributed by atoms with Crippen molar-refractivity contribution in [2.45, 2.75) is 18.9 Å². The Morgan fingerprint density at radius 1 is 1.03 bits per heavy atom. The van der Waals surface area contributed by atoms with Crippen molar-refractivity contribution >= 4 is 11.6 Å². The van der Waals surface area contributed by atoms with Crippen LogP contribution in [0.25, 0.3) is 0 Å². The molecule has 1 N–H and O–H groups in total. The summed E-state index contributed by atoms with van der Waals surface area (Å²) in [4.78, 5) is 16.9. The summed E-state index contributed by atoms with van der Waals surface area (Å²) >= 11 is 0. The van der Waals surface area contributed by atoms with Gasteiger partial charge in [-0.3, -0.25) is 9.69 Å². The summed E-state index contributed by atoms with van der Waals surface area (Å²) in [5.41, 5.74) is 2.16. The van der Waals surface area contributed by atoms with Gasteiger partial charge in [0.1, 0.15) is 5.82 Å². The number of carbonyl (C=O) groups excluding carboxylic acids is 1. The average molecular weight is 411 g/mol. The number of fused-ring (bicyclic) bond motifs is 1. The Bertz CT molecular complexity index is 908. The molecule has 0 unspecified atom stereocenters. The average Bonchev–Trinajstić information content (AvgIpc) is 3.52. The molecule has 0 radical (unpaired) electrons. The molecule has 0 spiro atoms. The van der Waals surface area contributed by atoms with Crippen LogP contribution in [0.4, 0.5) is 10.1 Å². The number of halogens is 1. The molecule has 158 valence electrons. The number of nitrogens with zero attached hydrogens (tertiary/aromatic N) is 2. The second kappa shape index (κ2) is 8.14. The van der Waals surface area contributed by atoms with Crippen LogP contribution in [0.15, 0.2) is 42.5 Å². The zero-order chi connectivity index (χ0) is 20.5. The smallest absolute Gasteiger partial charge is 0.231 e. The Hall–Kier alpha value is -2.80. The number of hydrogen-bond acceptors (Lipinski definition) is 5. The summed E-state index contributed by atoms with van der Waals surface area (Å²) in [6, 6.07) is 12.8. The van der Waals surface area contributed by atoms with Gasteiger partial charge in [0.2, 0.25) is 12.7 Å². The van der Waals surface area contributed by atoms with Gasteiger partial charge in [0.25, 0.3) is 0 Å². The quantitative estimate of drug-likeness (QED) is 0.792. The molecule has 1 atom stereocenters. The number of nitrogens with one attached hydrogen (secondary N) is 1. The molecule has 30 heavy (non-hydrogen) atoms. The van der Waals surface area contributed by atoms with Crippen molar-refractivity contribution in [2.24, 2.45) is 5.92 Å². The van der Waals surface area contributed by atoms with Gasteiger partial charge in [-0.15, -0.1) is 0 Å². The van der Waals surface area contributed by atoms with Crippen LogP contribution in [0, 0.1) is 11.7 Å². The number of piperazine rings is 1. The lowest BCUT2D eigenvalue weighted by Crippen LogP contribution is -2.50. The maximum atomic E-state index is 13.2. The first-order valence-corrected chi connectivity index (χ1v) is 10.6. The summed E-state index contributed by atoms with van der Waals surface area (Å²) in [6.07, 6.45) is 1.99. The van der Waals surface area contributed by atoms with Gasteiger partial charge in [0, 0.05) is 44.3 Å². The lowest BCUT2D eigenvalue weighted by molar-refractivity contribution is -0.122. The highest BCUT2D eigenvalue weighted by Gasteiger charge is 2.32. The van der Waals surface area contributed by atoms with Gasteiger partial charge in [-0.05, 0) is 54.8 Å². The molecule has 1 saturated heterocycles. The number of ether oxygens (including phenoxy) is 2. The van der Waals surface area contributed by atoms with E-state index in [0.717, 1.165) is 61.8 Å². The maximum Gasteiger partial charge on any atom is 0.231 e. The van der Waals surface area contributed by atoms with E-state index in [1.807, 2.05) is 24.3 Å². The van der Waals surface area contributed by atoms with Crippen molar-refractivity contribution < 1.29 is 18.7 Å². The zero-order valence-corrected chi connectivity index (χ0v) is 16.9. The number of hydrogen-bond donors (Lipinski definition) is 1. The molecule has 6 nitrogen and oxygen atoms in total. The van der Waals surface area contributed by atoms with Gasteiger partial charge >= 0.3 is 0 Å². The largest absolute Gasteiger partial charge is 0.454 e. The monoisotopic (exact) mass is 411 g/mol. The van der Waals surface area contributed by atoms with Gasteiger partial charge in [0.15, 0.2) is 11.5 Å². The van der Waals surface area contributed by atoms with Gasteiger partial charge in [0.05, 0.1) is 6.04 Å². The number of carbonyl (C=O) groups is 1. The maximum absolute atomic E-state index is 13.2. The third-order valence-electron chi connectivity index (χ3n) is 6.15. The first-order chi connectivity index (χ1) is 14.7. The van der Waals surface area contributed by atoms with Gasteiger partial charge in [-0.2, -0.15) is 0 Å². The van der Waals surface area contributed by atoms with E-state index in [1.165, 1.54) is 12.1 Å². The Balaban J connectivity index is 1.30. The van der Waals surface area contributed by atoms with Crippen LogP contribution in [0.5, 0.6) is 11.5 Å². The molecule has 1 saturated carbocycles. The normalized spacial score (nSPS) is 19.6. The first-order valence-electron chi connectivity index (χ1n) is 10.6. The number of amides is 1. The van der Waals surface area contributed by atoms with Crippen LogP contribution in [-0.2, 0) is 4.79 Å². The molecule has 2 aliphatic heterocycles. The highest BCUT2D eigenvalue weighted by atomic mass is 19.1. The van der Waals surface area contributed by atoms with Crippen LogP contribution < -0.4 is 19.7 Å². The van der Waals surface area contributed by atoms with Crippen LogP contribution in [-0.4, -0.2) is 50.3 Å². The predicted octanol–water partition coefficient (Wildman–Crippen LogP) is 2.94. The third kappa shape index (κ3) is 4.07. The molecule has 2 aromatic carbocycles. The summed E-state index contributed by atoms with van der Waals surface area (Å²) in [5, 5.41) is 3.15. The van der Waals surface area contributed by atoms with Crippen LogP contribution in [0.3, 0.4) is 0 Å². The van der Waals surface area contributed by atoms with E-state index in [4.69, 9.17) is 9.47 Å². The molecule has 1 amide bonds. The molecule has 5 rings (SSSR count). The van der Waals surface area contributed by atoms with E-state index in [1.54, 1.807) is 0 Å². The predicted molar refractivity (Wildman–Crippen MR) is 111 cm³/mol. The Labute approximate surface area is 175 Å². The topological polar surface area (TPSA) is 54.0 Å². The summed E-state index contributed by atoms with van der Waals surface area (Å²) in [7, 11) is 0. The lowest BCUT2D eigenvalue weighted by atomic mass is 10.0. The molecule has 0 bridgehead atoms. The molecule has 0 aromatic heterocycles. The standard InChI is InChI=1S/C23H26FN3O3/c24-18-4-6-19(7-5-18)26-9-11-27(12-10-26)20(14-25-23(28)16-1-2-16)17-3-8-21-22(13-17)30-15-29-21/h3-8,13,16,20H,1-2,9-12,14-15H2,(H,25,28)/t20-/m1/s1. The number of rotatable bonds is 6. The Morgan fingerprint density at radius 3 is 2.50 bits per heavy atom. The molecule has 3 aliphatic rings. The second-order valence-electron chi connectivity index (χ2n) is 8.15. The van der Waals surface area contributed by atoms with E-state index >= 15 is 0 Å². The highest BCUT2D eigenvalue weighted by molar-refractivity contribution is 5.80. The molecule has 2 aromatic rings. The van der Waals surface area contributed by atoms with Gasteiger partial charge in [-0.25, -0.2) is 4.39 Å².